The summed E-state index contributed by atoms with van der Waals surface area (Å²) in [6, 6.07) is 0. The summed E-state index contributed by atoms with van der Waals surface area (Å²) in [6.45, 7) is 6.27. The molecule has 1 aliphatic rings. The lowest BCUT2D eigenvalue weighted by Crippen LogP contribution is -2.40. The van der Waals surface area contributed by atoms with Crippen molar-refractivity contribution in [3.8, 4) is 0 Å². The second kappa shape index (κ2) is 5.28. The van der Waals surface area contributed by atoms with Crippen LogP contribution >= 0.6 is 0 Å². The van der Waals surface area contributed by atoms with Crippen LogP contribution in [-0.2, 0) is 0 Å². The molecular formula is C12H25NO2. The molecule has 1 saturated carbocycles. The fraction of sp³-hybridized carbons (Fsp3) is 1.00. The van der Waals surface area contributed by atoms with Gasteiger partial charge >= 0.3 is 0 Å². The zero-order valence-electron chi connectivity index (χ0n) is 10.1. The van der Waals surface area contributed by atoms with Crippen LogP contribution in [0.5, 0.6) is 0 Å². The van der Waals surface area contributed by atoms with Gasteiger partial charge in [-0.1, -0.05) is 26.7 Å². The van der Waals surface area contributed by atoms with E-state index in [1.165, 1.54) is 12.8 Å². The molecule has 3 heteroatoms. The number of aliphatic hydroxyl groups is 2. The molecule has 0 atom stereocenters. The largest absolute Gasteiger partial charge is 0.396 e. The highest BCUT2D eigenvalue weighted by molar-refractivity contribution is 4.86. The average Bonchev–Trinajstić information content (AvgIpc) is 2.67. The molecule has 1 rings (SSSR count). The Labute approximate surface area is 92.9 Å². The molecule has 3 nitrogen and oxygen atoms in total. The maximum absolute atomic E-state index is 9.41. The quantitative estimate of drug-likeness (QED) is 0.623. The van der Waals surface area contributed by atoms with E-state index in [4.69, 9.17) is 5.11 Å². The zero-order valence-corrected chi connectivity index (χ0v) is 10.1. The minimum Gasteiger partial charge on any atom is -0.396 e. The normalized spacial score (nSPS) is 20.8. The van der Waals surface area contributed by atoms with E-state index in [0.717, 1.165) is 25.9 Å². The Kier molecular flexibility index (Phi) is 4.56. The van der Waals surface area contributed by atoms with Crippen molar-refractivity contribution in [3.63, 3.8) is 0 Å². The molecular weight excluding hydrogens is 190 g/mol. The first-order chi connectivity index (χ1) is 7.04. The van der Waals surface area contributed by atoms with Crippen LogP contribution < -0.4 is 5.32 Å². The molecule has 0 bridgehead atoms. The van der Waals surface area contributed by atoms with E-state index in [2.05, 4.69) is 5.32 Å². The number of rotatable bonds is 6. The van der Waals surface area contributed by atoms with Crippen LogP contribution in [0.25, 0.3) is 0 Å². The molecule has 0 saturated heterocycles. The highest BCUT2D eigenvalue weighted by Gasteiger charge is 2.33. The molecule has 0 aromatic heterocycles. The number of hydrogen-bond donors (Lipinski definition) is 3. The van der Waals surface area contributed by atoms with Crippen LogP contribution in [0.1, 0.15) is 39.5 Å². The van der Waals surface area contributed by atoms with Crippen LogP contribution in [0.3, 0.4) is 0 Å². The third-order valence-electron chi connectivity index (χ3n) is 3.53. The first-order valence-corrected chi connectivity index (χ1v) is 5.96. The topological polar surface area (TPSA) is 52.5 Å². The lowest BCUT2D eigenvalue weighted by atomic mass is 9.86. The van der Waals surface area contributed by atoms with E-state index < -0.39 is 0 Å². The van der Waals surface area contributed by atoms with E-state index in [0.29, 0.717) is 6.61 Å². The molecule has 0 aliphatic heterocycles. The van der Waals surface area contributed by atoms with Gasteiger partial charge in [0.15, 0.2) is 0 Å². The van der Waals surface area contributed by atoms with Crippen molar-refractivity contribution in [2.45, 2.75) is 39.5 Å². The van der Waals surface area contributed by atoms with Crippen molar-refractivity contribution in [3.05, 3.63) is 0 Å². The summed E-state index contributed by atoms with van der Waals surface area (Å²) in [7, 11) is 0. The minimum absolute atomic E-state index is 0.0603. The molecule has 1 aliphatic carbocycles. The summed E-state index contributed by atoms with van der Waals surface area (Å²) in [5, 5.41) is 21.9. The predicted molar refractivity (Wildman–Crippen MR) is 61.7 cm³/mol. The van der Waals surface area contributed by atoms with E-state index in [9.17, 15) is 5.11 Å². The molecule has 0 aromatic carbocycles. The van der Waals surface area contributed by atoms with Crippen molar-refractivity contribution in [2.75, 3.05) is 26.3 Å². The van der Waals surface area contributed by atoms with Gasteiger partial charge in [0.1, 0.15) is 0 Å². The third kappa shape index (κ3) is 3.74. The van der Waals surface area contributed by atoms with Gasteiger partial charge < -0.3 is 15.5 Å². The highest BCUT2D eigenvalue weighted by atomic mass is 16.3. The van der Waals surface area contributed by atoms with Gasteiger partial charge in [-0.15, -0.1) is 0 Å². The predicted octanol–water partition coefficient (Wildman–Crippen LogP) is 1.15. The molecule has 0 heterocycles. The summed E-state index contributed by atoms with van der Waals surface area (Å²) < 4.78 is 0. The fourth-order valence-corrected chi connectivity index (χ4v) is 2.24. The molecule has 0 spiro atoms. The van der Waals surface area contributed by atoms with Gasteiger partial charge in [-0.05, 0) is 12.8 Å². The summed E-state index contributed by atoms with van der Waals surface area (Å²) >= 11 is 0. The standard InChI is InChI=1S/C12H25NO2/c1-11(2,9-14)7-13-8-12(10-15)5-3-4-6-12/h13-15H,3-10H2,1-2H3. The zero-order chi connectivity index (χ0) is 11.4. The lowest BCUT2D eigenvalue weighted by molar-refractivity contribution is 0.114. The highest BCUT2D eigenvalue weighted by Crippen LogP contribution is 2.36. The van der Waals surface area contributed by atoms with Crippen LogP contribution in [-0.4, -0.2) is 36.5 Å². The molecule has 0 radical (unpaired) electrons. The molecule has 90 valence electrons. The lowest BCUT2D eigenvalue weighted by Gasteiger charge is -2.29. The van der Waals surface area contributed by atoms with E-state index in [1.807, 2.05) is 13.8 Å². The van der Waals surface area contributed by atoms with Gasteiger partial charge in [-0.2, -0.15) is 0 Å². The van der Waals surface area contributed by atoms with Gasteiger partial charge in [0, 0.05) is 37.1 Å². The molecule has 15 heavy (non-hydrogen) atoms. The molecule has 0 unspecified atom stereocenters. The molecule has 0 aromatic rings. The second-order valence-corrected chi connectivity index (χ2v) is 5.79. The van der Waals surface area contributed by atoms with Crippen LogP contribution in [0, 0.1) is 10.8 Å². The second-order valence-electron chi connectivity index (χ2n) is 5.79. The van der Waals surface area contributed by atoms with Gasteiger partial charge in [0.05, 0.1) is 0 Å². The van der Waals surface area contributed by atoms with Crippen LogP contribution in [0.2, 0.25) is 0 Å². The van der Waals surface area contributed by atoms with Crippen molar-refractivity contribution >= 4 is 0 Å². The third-order valence-corrected chi connectivity index (χ3v) is 3.53. The first kappa shape index (κ1) is 12.9. The first-order valence-electron chi connectivity index (χ1n) is 5.96. The van der Waals surface area contributed by atoms with Gasteiger partial charge in [-0.25, -0.2) is 0 Å². The van der Waals surface area contributed by atoms with Crippen molar-refractivity contribution in [2.24, 2.45) is 10.8 Å². The Hall–Kier alpha value is -0.120. The SMILES string of the molecule is CC(C)(CO)CNCC1(CO)CCCC1. The summed E-state index contributed by atoms with van der Waals surface area (Å²) in [6.07, 6.45) is 4.75. The number of nitrogens with one attached hydrogen (secondary N) is 1. The Bertz CT molecular complexity index is 186. The maximum Gasteiger partial charge on any atom is 0.0499 e. The fourth-order valence-electron chi connectivity index (χ4n) is 2.24. The summed E-state index contributed by atoms with van der Waals surface area (Å²) in [4.78, 5) is 0. The average molecular weight is 215 g/mol. The van der Waals surface area contributed by atoms with Crippen LogP contribution in [0.15, 0.2) is 0 Å². The Morgan fingerprint density at radius 2 is 1.80 bits per heavy atom. The van der Waals surface area contributed by atoms with Gasteiger partial charge in [-0.3, -0.25) is 0 Å². The van der Waals surface area contributed by atoms with Gasteiger partial charge in [0.2, 0.25) is 0 Å². The molecule has 0 amide bonds. The number of hydrogen-bond acceptors (Lipinski definition) is 3. The maximum atomic E-state index is 9.41. The Morgan fingerprint density at radius 1 is 1.20 bits per heavy atom. The van der Waals surface area contributed by atoms with Crippen molar-refractivity contribution in [1.82, 2.24) is 5.32 Å². The van der Waals surface area contributed by atoms with Crippen molar-refractivity contribution < 1.29 is 10.2 Å². The molecule has 3 N–H and O–H groups in total. The Morgan fingerprint density at radius 3 is 2.27 bits per heavy atom. The summed E-state index contributed by atoms with van der Waals surface area (Å²) in [5.74, 6) is 0. The monoisotopic (exact) mass is 215 g/mol. The van der Waals surface area contributed by atoms with E-state index in [-0.39, 0.29) is 17.4 Å². The molecule has 1 fully saturated rings. The number of aliphatic hydroxyl groups excluding tert-OH is 2. The smallest absolute Gasteiger partial charge is 0.0499 e. The van der Waals surface area contributed by atoms with Crippen LogP contribution in [0.4, 0.5) is 0 Å². The Balaban J connectivity index is 2.29. The summed E-state index contributed by atoms with van der Waals surface area (Å²) in [5.41, 5.74) is 0.0563. The van der Waals surface area contributed by atoms with Crippen molar-refractivity contribution in [1.29, 1.82) is 0 Å². The minimum atomic E-state index is -0.0603. The van der Waals surface area contributed by atoms with Gasteiger partial charge in [0.25, 0.3) is 0 Å². The van der Waals surface area contributed by atoms with E-state index in [1.54, 1.807) is 0 Å². The van der Waals surface area contributed by atoms with E-state index >= 15 is 0 Å².